The third-order valence-corrected chi connectivity index (χ3v) is 3.58. The van der Waals surface area contributed by atoms with E-state index in [1.165, 1.54) is 12.5 Å². The molecular formula is C13H17BrClFN2O. The van der Waals surface area contributed by atoms with Crippen LogP contribution in [0.5, 0.6) is 0 Å². The molecule has 1 saturated heterocycles. The van der Waals surface area contributed by atoms with Crippen LogP contribution in [0.3, 0.4) is 0 Å². The highest BCUT2D eigenvalue weighted by atomic mass is 79.9. The molecule has 1 aromatic rings. The third kappa shape index (κ3) is 5.09. The van der Waals surface area contributed by atoms with Gasteiger partial charge < -0.3 is 10.6 Å². The van der Waals surface area contributed by atoms with Gasteiger partial charge in [-0.25, -0.2) is 4.39 Å². The second-order valence-corrected chi connectivity index (χ2v) is 5.42. The van der Waals surface area contributed by atoms with E-state index in [0.29, 0.717) is 16.9 Å². The zero-order chi connectivity index (χ0) is 13.0. The minimum absolute atomic E-state index is 0. The summed E-state index contributed by atoms with van der Waals surface area (Å²) in [5, 5.41) is 5.93. The van der Waals surface area contributed by atoms with Gasteiger partial charge in [0.2, 0.25) is 5.91 Å². The molecule has 3 nitrogen and oxygen atoms in total. The van der Waals surface area contributed by atoms with Gasteiger partial charge >= 0.3 is 0 Å². The molecule has 2 N–H and O–H groups in total. The van der Waals surface area contributed by atoms with E-state index < -0.39 is 5.82 Å². The van der Waals surface area contributed by atoms with Crippen molar-refractivity contribution in [3.05, 3.63) is 28.5 Å². The zero-order valence-electron chi connectivity index (χ0n) is 10.4. The maximum absolute atomic E-state index is 13.5. The number of benzene rings is 1. The van der Waals surface area contributed by atoms with Crippen molar-refractivity contribution in [2.45, 2.75) is 31.7 Å². The molecule has 1 fully saturated rings. The highest BCUT2D eigenvalue weighted by Crippen LogP contribution is 2.20. The Morgan fingerprint density at radius 3 is 2.95 bits per heavy atom. The summed E-state index contributed by atoms with van der Waals surface area (Å²) in [7, 11) is 0. The van der Waals surface area contributed by atoms with Crippen molar-refractivity contribution in [1.29, 1.82) is 0 Å². The molecule has 19 heavy (non-hydrogen) atoms. The van der Waals surface area contributed by atoms with Crippen LogP contribution >= 0.6 is 28.3 Å². The highest BCUT2D eigenvalue weighted by Gasteiger charge is 2.15. The Balaban J connectivity index is 0.00000180. The molecule has 0 aromatic heterocycles. The normalized spacial score (nSPS) is 17.9. The van der Waals surface area contributed by atoms with Crippen molar-refractivity contribution in [3.8, 4) is 0 Å². The Morgan fingerprint density at radius 1 is 1.53 bits per heavy atom. The van der Waals surface area contributed by atoms with Crippen LogP contribution in [0.1, 0.15) is 25.7 Å². The molecule has 6 heteroatoms. The van der Waals surface area contributed by atoms with Crippen LogP contribution in [-0.4, -0.2) is 18.5 Å². The smallest absolute Gasteiger partial charge is 0.224 e. The predicted octanol–water partition coefficient (Wildman–Crippen LogP) is 3.48. The second kappa shape index (κ2) is 7.82. The Labute approximate surface area is 126 Å². The number of carbonyl (C=O) groups is 1. The van der Waals surface area contributed by atoms with Crippen molar-refractivity contribution < 1.29 is 9.18 Å². The van der Waals surface area contributed by atoms with Crippen LogP contribution in [0, 0.1) is 5.82 Å². The van der Waals surface area contributed by atoms with E-state index in [0.717, 1.165) is 19.4 Å². The standard InChI is InChI=1S/C13H16BrFN2O.ClH/c14-9-3-5-12(11(15)8-9)17-13(18)6-4-10-2-1-7-16-10;/h3,5,8,10,16H,1-2,4,6-7H2,(H,17,18);1H. The molecule has 0 aliphatic carbocycles. The average Bonchev–Trinajstić information content (AvgIpc) is 2.83. The molecule has 1 aromatic carbocycles. The van der Waals surface area contributed by atoms with Crippen LogP contribution in [0.4, 0.5) is 10.1 Å². The van der Waals surface area contributed by atoms with E-state index in [1.54, 1.807) is 12.1 Å². The lowest BCUT2D eigenvalue weighted by molar-refractivity contribution is -0.116. The maximum atomic E-state index is 13.5. The number of halogens is 3. The number of carbonyl (C=O) groups excluding carboxylic acids is 1. The Hall–Kier alpha value is -0.650. The summed E-state index contributed by atoms with van der Waals surface area (Å²) in [6, 6.07) is 5.04. The van der Waals surface area contributed by atoms with Crippen LogP contribution in [0.2, 0.25) is 0 Å². The summed E-state index contributed by atoms with van der Waals surface area (Å²) in [6.07, 6.45) is 3.53. The SMILES string of the molecule is Cl.O=C(CCC1CCCN1)Nc1ccc(Br)cc1F. The fraction of sp³-hybridized carbons (Fsp3) is 0.462. The van der Waals surface area contributed by atoms with Gasteiger partial charge in [0.15, 0.2) is 0 Å². The Bertz CT molecular complexity index is 439. The summed E-state index contributed by atoms with van der Waals surface area (Å²) < 4.78 is 14.2. The average molecular weight is 352 g/mol. The second-order valence-electron chi connectivity index (χ2n) is 4.50. The van der Waals surface area contributed by atoms with Crippen LogP contribution < -0.4 is 10.6 Å². The largest absolute Gasteiger partial charge is 0.324 e. The quantitative estimate of drug-likeness (QED) is 0.872. The van der Waals surface area contributed by atoms with Crippen molar-refractivity contribution >= 4 is 39.9 Å². The first-order valence-corrected chi connectivity index (χ1v) is 6.93. The van der Waals surface area contributed by atoms with E-state index in [4.69, 9.17) is 0 Å². The molecule has 0 spiro atoms. The third-order valence-electron chi connectivity index (χ3n) is 3.09. The van der Waals surface area contributed by atoms with Crippen LogP contribution in [0.15, 0.2) is 22.7 Å². The predicted molar refractivity (Wildman–Crippen MR) is 80.2 cm³/mol. The van der Waals surface area contributed by atoms with Gasteiger partial charge in [-0.05, 0) is 44.0 Å². The summed E-state index contributed by atoms with van der Waals surface area (Å²) in [5.41, 5.74) is 0.239. The molecule has 1 atom stereocenters. The molecule has 106 valence electrons. The first-order chi connectivity index (χ1) is 8.65. The number of rotatable bonds is 4. The number of nitrogens with one attached hydrogen (secondary N) is 2. The lowest BCUT2D eigenvalue weighted by atomic mass is 10.1. The molecule has 0 saturated carbocycles. The van der Waals surface area contributed by atoms with Crippen LogP contribution in [-0.2, 0) is 4.79 Å². The van der Waals surface area contributed by atoms with Crippen molar-refractivity contribution in [2.75, 3.05) is 11.9 Å². The number of anilines is 1. The highest BCUT2D eigenvalue weighted by molar-refractivity contribution is 9.10. The van der Waals surface area contributed by atoms with Gasteiger partial charge in [-0.2, -0.15) is 0 Å². The van der Waals surface area contributed by atoms with E-state index in [9.17, 15) is 9.18 Å². The molecular weight excluding hydrogens is 335 g/mol. The summed E-state index contributed by atoms with van der Waals surface area (Å²) in [4.78, 5) is 11.7. The maximum Gasteiger partial charge on any atom is 0.224 e. The summed E-state index contributed by atoms with van der Waals surface area (Å²) >= 11 is 3.18. The lowest BCUT2D eigenvalue weighted by Gasteiger charge is -2.10. The summed E-state index contributed by atoms with van der Waals surface area (Å²) in [5.74, 6) is -0.554. The molecule has 1 aliphatic rings. The lowest BCUT2D eigenvalue weighted by Crippen LogP contribution is -2.23. The van der Waals surface area contributed by atoms with E-state index in [1.807, 2.05) is 0 Å². The minimum atomic E-state index is -0.420. The van der Waals surface area contributed by atoms with Gasteiger partial charge in [0.25, 0.3) is 0 Å². The minimum Gasteiger partial charge on any atom is -0.324 e. The molecule has 1 heterocycles. The number of hydrogen-bond donors (Lipinski definition) is 2. The molecule has 2 rings (SSSR count). The van der Waals surface area contributed by atoms with Crippen LogP contribution in [0.25, 0.3) is 0 Å². The van der Waals surface area contributed by atoms with Crippen molar-refractivity contribution in [1.82, 2.24) is 5.32 Å². The van der Waals surface area contributed by atoms with Crippen molar-refractivity contribution in [3.63, 3.8) is 0 Å². The van der Waals surface area contributed by atoms with E-state index in [2.05, 4.69) is 26.6 Å². The number of hydrogen-bond acceptors (Lipinski definition) is 2. The fourth-order valence-electron chi connectivity index (χ4n) is 2.11. The van der Waals surface area contributed by atoms with Gasteiger partial charge in [-0.15, -0.1) is 12.4 Å². The summed E-state index contributed by atoms with van der Waals surface area (Å²) in [6.45, 7) is 1.04. The van der Waals surface area contributed by atoms with Gasteiger partial charge in [-0.3, -0.25) is 4.79 Å². The first-order valence-electron chi connectivity index (χ1n) is 6.13. The first kappa shape index (κ1) is 16.4. The van der Waals surface area contributed by atoms with Gasteiger partial charge in [0.05, 0.1) is 5.69 Å². The number of amides is 1. The topological polar surface area (TPSA) is 41.1 Å². The van der Waals surface area contributed by atoms with E-state index in [-0.39, 0.29) is 24.0 Å². The molecule has 1 amide bonds. The van der Waals surface area contributed by atoms with Crippen molar-refractivity contribution in [2.24, 2.45) is 0 Å². The van der Waals surface area contributed by atoms with Gasteiger partial charge in [-0.1, -0.05) is 15.9 Å². The van der Waals surface area contributed by atoms with Gasteiger partial charge in [0.1, 0.15) is 5.82 Å². The Morgan fingerprint density at radius 2 is 2.32 bits per heavy atom. The monoisotopic (exact) mass is 350 g/mol. The molecule has 0 bridgehead atoms. The molecule has 0 radical (unpaired) electrons. The Kier molecular flexibility index (Phi) is 6.75. The molecule has 1 unspecified atom stereocenters. The molecule has 1 aliphatic heterocycles. The van der Waals surface area contributed by atoms with E-state index >= 15 is 0 Å². The van der Waals surface area contributed by atoms with Gasteiger partial charge in [0, 0.05) is 16.9 Å². The zero-order valence-corrected chi connectivity index (χ0v) is 12.8. The fourth-order valence-corrected chi connectivity index (χ4v) is 2.45.